The Kier molecular flexibility index (Phi) is 5.05. The van der Waals surface area contributed by atoms with Gasteiger partial charge in [-0.05, 0) is 67.1 Å². The van der Waals surface area contributed by atoms with Crippen LogP contribution in [0.25, 0.3) is 0 Å². The summed E-state index contributed by atoms with van der Waals surface area (Å²) < 4.78 is 0. The summed E-state index contributed by atoms with van der Waals surface area (Å²) in [5, 5.41) is 11.2. The van der Waals surface area contributed by atoms with Crippen LogP contribution in [0.15, 0.2) is 35.7 Å². The molecule has 3 heterocycles. The summed E-state index contributed by atoms with van der Waals surface area (Å²) >= 11 is 1.81. The number of nitrogens with zero attached hydrogens (tertiary/aromatic N) is 3. The van der Waals surface area contributed by atoms with Crippen LogP contribution in [-0.2, 0) is 24.3 Å². The summed E-state index contributed by atoms with van der Waals surface area (Å²) in [5.74, 6) is 0.504. The number of hydrogen-bond donors (Lipinski definition) is 0. The third-order valence-electron chi connectivity index (χ3n) is 5.52. The number of nitriles is 1. The summed E-state index contributed by atoms with van der Waals surface area (Å²) in [7, 11) is 0. The molecule has 0 atom stereocenters. The molecule has 134 valence electrons. The van der Waals surface area contributed by atoms with Crippen LogP contribution in [0, 0.1) is 17.2 Å². The maximum Gasteiger partial charge on any atom is 0.226 e. The van der Waals surface area contributed by atoms with E-state index in [1.54, 1.807) is 0 Å². The Labute approximate surface area is 158 Å². The van der Waals surface area contributed by atoms with E-state index in [0.29, 0.717) is 11.5 Å². The van der Waals surface area contributed by atoms with E-state index in [-0.39, 0.29) is 5.92 Å². The van der Waals surface area contributed by atoms with E-state index in [4.69, 9.17) is 5.26 Å². The highest BCUT2D eigenvalue weighted by molar-refractivity contribution is 7.10. The van der Waals surface area contributed by atoms with E-state index in [9.17, 15) is 4.79 Å². The quantitative estimate of drug-likeness (QED) is 0.837. The predicted molar refractivity (Wildman–Crippen MR) is 103 cm³/mol. The van der Waals surface area contributed by atoms with Gasteiger partial charge in [-0.3, -0.25) is 9.69 Å². The molecular weight excluding hydrogens is 342 g/mol. The fourth-order valence-electron chi connectivity index (χ4n) is 4.03. The van der Waals surface area contributed by atoms with Crippen molar-refractivity contribution >= 4 is 17.2 Å². The third-order valence-corrected chi connectivity index (χ3v) is 6.54. The van der Waals surface area contributed by atoms with E-state index < -0.39 is 0 Å². The monoisotopic (exact) mass is 365 g/mol. The van der Waals surface area contributed by atoms with Crippen LogP contribution >= 0.6 is 11.3 Å². The second kappa shape index (κ2) is 7.61. The number of carbonyl (C=O) groups is 1. The van der Waals surface area contributed by atoms with Gasteiger partial charge in [0.2, 0.25) is 5.91 Å². The van der Waals surface area contributed by atoms with Crippen LogP contribution in [0.4, 0.5) is 0 Å². The lowest BCUT2D eigenvalue weighted by atomic mass is 9.94. The molecule has 0 aliphatic carbocycles. The molecule has 26 heavy (non-hydrogen) atoms. The van der Waals surface area contributed by atoms with Crippen LogP contribution in [0.5, 0.6) is 0 Å². The van der Waals surface area contributed by atoms with Crippen LogP contribution in [0.3, 0.4) is 0 Å². The molecule has 1 aromatic carbocycles. The van der Waals surface area contributed by atoms with Crippen LogP contribution < -0.4 is 0 Å². The van der Waals surface area contributed by atoms with E-state index in [1.165, 1.54) is 16.0 Å². The zero-order chi connectivity index (χ0) is 17.9. The number of hydrogen-bond acceptors (Lipinski definition) is 4. The largest absolute Gasteiger partial charge is 0.338 e. The summed E-state index contributed by atoms with van der Waals surface area (Å²) in [4.78, 5) is 18.8. The van der Waals surface area contributed by atoms with Gasteiger partial charge in [0.05, 0.1) is 11.6 Å². The summed E-state index contributed by atoms with van der Waals surface area (Å²) in [6, 6.07) is 12.2. The SMILES string of the molecule is N#Cc1cccc(CN2CCC(C(=O)N3CCc4sccc4C3)CC2)c1. The zero-order valence-electron chi connectivity index (χ0n) is 14.9. The van der Waals surface area contributed by atoms with Gasteiger partial charge >= 0.3 is 0 Å². The number of carbonyl (C=O) groups excluding carboxylic acids is 1. The van der Waals surface area contributed by atoms with Gasteiger partial charge < -0.3 is 4.90 Å². The second-order valence-corrected chi connectivity index (χ2v) is 8.24. The molecule has 4 rings (SSSR count). The average molecular weight is 366 g/mol. The summed E-state index contributed by atoms with van der Waals surface area (Å²) in [5.41, 5.74) is 3.23. The fraction of sp³-hybridized carbons (Fsp3) is 0.429. The molecule has 1 fully saturated rings. The Hall–Kier alpha value is -2.16. The van der Waals surface area contributed by atoms with Crippen molar-refractivity contribution in [1.82, 2.24) is 9.80 Å². The number of amides is 1. The average Bonchev–Trinajstić information content (AvgIpc) is 3.16. The molecule has 0 spiro atoms. The molecule has 0 radical (unpaired) electrons. The lowest BCUT2D eigenvalue weighted by molar-refractivity contribution is -0.138. The Morgan fingerprint density at radius 2 is 2.08 bits per heavy atom. The van der Waals surface area contributed by atoms with Gasteiger partial charge in [-0.25, -0.2) is 0 Å². The number of piperidine rings is 1. The lowest BCUT2D eigenvalue weighted by Crippen LogP contribution is -2.43. The van der Waals surface area contributed by atoms with Crippen molar-refractivity contribution < 1.29 is 4.79 Å². The highest BCUT2D eigenvalue weighted by Gasteiger charge is 2.30. The van der Waals surface area contributed by atoms with Crippen molar-refractivity contribution in [2.24, 2.45) is 5.92 Å². The maximum absolute atomic E-state index is 12.9. The van der Waals surface area contributed by atoms with E-state index in [2.05, 4.69) is 33.4 Å². The first kappa shape index (κ1) is 17.3. The van der Waals surface area contributed by atoms with Gasteiger partial charge in [0.25, 0.3) is 0 Å². The molecule has 0 bridgehead atoms. The van der Waals surface area contributed by atoms with Crippen molar-refractivity contribution in [3.8, 4) is 6.07 Å². The van der Waals surface area contributed by atoms with Crippen molar-refractivity contribution in [3.63, 3.8) is 0 Å². The van der Waals surface area contributed by atoms with Gasteiger partial charge in [0, 0.05) is 30.4 Å². The van der Waals surface area contributed by atoms with Gasteiger partial charge in [-0.15, -0.1) is 11.3 Å². The first-order valence-corrected chi connectivity index (χ1v) is 10.2. The molecule has 2 aliphatic rings. The minimum atomic E-state index is 0.164. The van der Waals surface area contributed by atoms with Crippen LogP contribution in [0.1, 0.15) is 34.4 Å². The van der Waals surface area contributed by atoms with Crippen molar-refractivity contribution in [2.75, 3.05) is 19.6 Å². The summed E-state index contributed by atoms with van der Waals surface area (Å²) in [6.07, 6.45) is 2.88. The molecule has 0 unspecified atom stereocenters. The normalized spacial score (nSPS) is 18.3. The molecule has 2 aliphatic heterocycles. The van der Waals surface area contributed by atoms with Crippen LogP contribution in [0.2, 0.25) is 0 Å². The Balaban J connectivity index is 1.31. The number of likely N-dealkylation sites (tertiary alicyclic amines) is 1. The molecule has 0 saturated carbocycles. The lowest BCUT2D eigenvalue weighted by Gasteiger charge is -2.35. The highest BCUT2D eigenvalue weighted by atomic mass is 32.1. The number of thiophene rings is 1. The Morgan fingerprint density at radius 3 is 2.88 bits per heavy atom. The van der Waals surface area contributed by atoms with Gasteiger partial charge in [0.1, 0.15) is 0 Å². The first-order chi connectivity index (χ1) is 12.7. The van der Waals surface area contributed by atoms with Gasteiger partial charge in [-0.2, -0.15) is 5.26 Å². The molecule has 0 N–H and O–H groups in total. The number of rotatable bonds is 3. The van der Waals surface area contributed by atoms with E-state index in [0.717, 1.165) is 52.0 Å². The van der Waals surface area contributed by atoms with Crippen molar-refractivity contribution in [1.29, 1.82) is 5.26 Å². The van der Waals surface area contributed by atoms with Crippen molar-refractivity contribution in [3.05, 3.63) is 57.3 Å². The topological polar surface area (TPSA) is 47.3 Å². The Morgan fingerprint density at radius 1 is 1.23 bits per heavy atom. The van der Waals surface area contributed by atoms with Gasteiger partial charge in [-0.1, -0.05) is 12.1 Å². The molecule has 2 aromatic rings. The minimum absolute atomic E-state index is 0.164. The van der Waals surface area contributed by atoms with E-state index >= 15 is 0 Å². The molecule has 5 heteroatoms. The molecule has 1 aromatic heterocycles. The number of benzene rings is 1. The molecule has 1 amide bonds. The number of fused-ring (bicyclic) bond motifs is 1. The molecular formula is C21H23N3OS. The Bertz CT molecular complexity index is 830. The standard InChI is InChI=1S/C21H23N3OS/c22-13-16-2-1-3-17(12-16)14-23-8-4-18(5-9-23)21(25)24-10-6-20-19(15-24)7-11-26-20/h1-3,7,11-12,18H,4-6,8-10,14-15H2. The summed E-state index contributed by atoms with van der Waals surface area (Å²) in [6.45, 7) is 4.42. The fourth-order valence-corrected chi connectivity index (χ4v) is 4.92. The maximum atomic E-state index is 12.9. The molecule has 1 saturated heterocycles. The first-order valence-electron chi connectivity index (χ1n) is 9.28. The smallest absolute Gasteiger partial charge is 0.226 e. The second-order valence-electron chi connectivity index (χ2n) is 7.24. The predicted octanol–water partition coefficient (Wildman–Crippen LogP) is 3.42. The van der Waals surface area contributed by atoms with Crippen LogP contribution in [-0.4, -0.2) is 35.3 Å². The third kappa shape index (κ3) is 3.67. The molecule has 4 nitrogen and oxygen atoms in total. The zero-order valence-corrected chi connectivity index (χ0v) is 15.7. The van der Waals surface area contributed by atoms with E-state index in [1.807, 2.05) is 29.5 Å². The minimum Gasteiger partial charge on any atom is -0.338 e. The van der Waals surface area contributed by atoms with Crippen molar-refractivity contribution in [2.45, 2.75) is 32.4 Å². The van der Waals surface area contributed by atoms with Gasteiger partial charge in [0.15, 0.2) is 0 Å². The highest BCUT2D eigenvalue weighted by Crippen LogP contribution is 2.27.